The fourth-order valence-electron chi connectivity index (χ4n) is 10.1. The lowest BCUT2D eigenvalue weighted by atomic mass is 9.98. The van der Waals surface area contributed by atoms with Crippen LogP contribution in [0.1, 0.15) is 0 Å². The zero-order valence-corrected chi connectivity index (χ0v) is 36.6. The van der Waals surface area contributed by atoms with Gasteiger partial charge in [-0.1, -0.05) is 194 Å². The molecule has 3 nitrogen and oxygen atoms in total. The van der Waals surface area contributed by atoms with Gasteiger partial charge < -0.3 is 13.9 Å². The van der Waals surface area contributed by atoms with Crippen molar-refractivity contribution in [2.45, 2.75) is 0 Å². The van der Waals surface area contributed by atoms with Crippen LogP contribution >= 0.6 is 0 Å². The maximum Gasteiger partial charge on any atom is 0.160 e. The van der Waals surface area contributed by atoms with Gasteiger partial charge in [0, 0.05) is 38.6 Å². The van der Waals surface area contributed by atoms with Gasteiger partial charge in [0.1, 0.15) is 5.58 Å². The van der Waals surface area contributed by atoms with E-state index in [0.29, 0.717) is 0 Å². The minimum atomic E-state index is 0.862. The second-order valence-electron chi connectivity index (χ2n) is 17.3. The Hall–Kier alpha value is -8.92. The molecular weight excluding hydrogens is 813 g/mol. The molecule has 0 aliphatic rings. The van der Waals surface area contributed by atoms with E-state index in [4.69, 9.17) is 4.42 Å². The summed E-state index contributed by atoms with van der Waals surface area (Å²) in [5.74, 6) is 0. The second-order valence-corrected chi connectivity index (χ2v) is 17.3. The number of rotatable bonds is 8. The Balaban J connectivity index is 0.868. The number of fused-ring (bicyclic) bond motifs is 8. The van der Waals surface area contributed by atoms with E-state index in [9.17, 15) is 0 Å². The predicted octanol–water partition coefficient (Wildman–Crippen LogP) is 18.0. The molecule has 13 rings (SSSR count). The Morgan fingerprint density at radius 3 is 1.22 bits per heavy atom. The molecule has 314 valence electrons. The summed E-state index contributed by atoms with van der Waals surface area (Å²) >= 11 is 0. The predicted molar refractivity (Wildman–Crippen MR) is 282 cm³/mol. The highest BCUT2D eigenvalue weighted by Crippen LogP contribution is 2.46. The summed E-state index contributed by atoms with van der Waals surface area (Å²) in [6.45, 7) is 0. The molecule has 0 aliphatic heterocycles. The summed E-state index contributed by atoms with van der Waals surface area (Å²) in [6.07, 6.45) is 0. The molecule has 0 unspecified atom stereocenters. The first kappa shape index (κ1) is 38.5. The molecule has 11 aromatic carbocycles. The Labute approximate surface area is 388 Å². The van der Waals surface area contributed by atoms with E-state index < -0.39 is 0 Å². The van der Waals surface area contributed by atoms with E-state index in [0.717, 1.165) is 66.8 Å². The van der Waals surface area contributed by atoms with Crippen molar-refractivity contribution in [3.8, 4) is 50.2 Å². The standard InChI is InChI=1S/C64H42N2O/c1-2-12-43(13-3-1)44-22-24-45(25-23-44)46-26-28-47(29-27-46)48-30-36-52(37-31-48)65(61-42-51-14-4-5-15-55(51)63-58-18-8-11-21-62(58)67-64(61)63)53-38-32-49(33-39-53)50-34-40-54(41-35-50)66-59-19-9-6-16-56(59)57-17-7-10-20-60(57)66/h1-42H. The van der Waals surface area contributed by atoms with Crippen molar-refractivity contribution in [3.05, 3.63) is 255 Å². The summed E-state index contributed by atoms with van der Waals surface area (Å²) in [6, 6.07) is 91.7. The maximum absolute atomic E-state index is 6.83. The Morgan fingerprint density at radius 1 is 0.313 bits per heavy atom. The van der Waals surface area contributed by atoms with E-state index >= 15 is 0 Å². The number of aromatic nitrogens is 1. The normalized spacial score (nSPS) is 11.6. The van der Waals surface area contributed by atoms with Crippen LogP contribution in [0.5, 0.6) is 0 Å². The van der Waals surface area contributed by atoms with Crippen LogP contribution in [0, 0.1) is 0 Å². The largest absolute Gasteiger partial charge is 0.454 e. The van der Waals surface area contributed by atoms with Crippen LogP contribution in [0.25, 0.3) is 105 Å². The van der Waals surface area contributed by atoms with Crippen molar-refractivity contribution < 1.29 is 4.42 Å². The van der Waals surface area contributed by atoms with Gasteiger partial charge in [-0.15, -0.1) is 0 Å². The van der Waals surface area contributed by atoms with E-state index in [1.807, 2.05) is 6.07 Å². The molecule has 0 saturated heterocycles. The van der Waals surface area contributed by atoms with Crippen molar-refractivity contribution >= 4 is 71.6 Å². The number of hydrogen-bond donors (Lipinski definition) is 0. The number of hydrogen-bond acceptors (Lipinski definition) is 2. The van der Waals surface area contributed by atoms with Crippen molar-refractivity contribution in [1.82, 2.24) is 4.57 Å². The summed E-state index contributed by atoms with van der Waals surface area (Å²) in [7, 11) is 0. The van der Waals surface area contributed by atoms with Crippen LogP contribution in [-0.2, 0) is 0 Å². The van der Waals surface area contributed by atoms with Gasteiger partial charge in [0.25, 0.3) is 0 Å². The lowest BCUT2D eigenvalue weighted by Gasteiger charge is -2.26. The Bertz CT molecular complexity index is 3870. The number of anilines is 3. The molecule has 0 spiro atoms. The van der Waals surface area contributed by atoms with Crippen LogP contribution in [-0.4, -0.2) is 4.57 Å². The van der Waals surface area contributed by atoms with Gasteiger partial charge in [0.05, 0.1) is 16.7 Å². The fraction of sp³-hybridized carbons (Fsp3) is 0. The molecular formula is C64H42N2O. The van der Waals surface area contributed by atoms with Gasteiger partial charge >= 0.3 is 0 Å². The molecule has 0 atom stereocenters. The number of furan rings is 1. The first-order chi connectivity index (χ1) is 33.2. The van der Waals surface area contributed by atoms with Gasteiger partial charge in [-0.2, -0.15) is 0 Å². The fourth-order valence-corrected chi connectivity index (χ4v) is 10.1. The van der Waals surface area contributed by atoms with Crippen LogP contribution in [0.3, 0.4) is 0 Å². The van der Waals surface area contributed by atoms with Gasteiger partial charge in [-0.05, 0) is 116 Å². The van der Waals surface area contributed by atoms with Gasteiger partial charge in [-0.25, -0.2) is 0 Å². The average molecular weight is 855 g/mol. The van der Waals surface area contributed by atoms with Crippen molar-refractivity contribution in [2.75, 3.05) is 4.90 Å². The first-order valence-corrected chi connectivity index (χ1v) is 22.9. The molecule has 0 saturated carbocycles. The first-order valence-electron chi connectivity index (χ1n) is 22.9. The van der Waals surface area contributed by atoms with Crippen LogP contribution < -0.4 is 4.90 Å². The minimum Gasteiger partial charge on any atom is -0.454 e. The molecule has 0 amide bonds. The number of benzene rings is 11. The molecule has 0 bridgehead atoms. The highest BCUT2D eigenvalue weighted by molar-refractivity contribution is 6.23. The molecule has 67 heavy (non-hydrogen) atoms. The maximum atomic E-state index is 6.83. The molecule has 2 heterocycles. The molecule has 2 aromatic heterocycles. The number of nitrogens with zero attached hydrogens (tertiary/aromatic N) is 2. The molecule has 0 radical (unpaired) electrons. The number of para-hydroxylation sites is 3. The van der Waals surface area contributed by atoms with Gasteiger partial charge in [-0.3, -0.25) is 0 Å². The second kappa shape index (κ2) is 16.0. The topological polar surface area (TPSA) is 21.3 Å². The summed E-state index contributed by atoms with van der Waals surface area (Å²) in [5, 5.41) is 7.10. The van der Waals surface area contributed by atoms with Gasteiger partial charge in [0.2, 0.25) is 0 Å². The Morgan fingerprint density at radius 2 is 0.701 bits per heavy atom. The summed E-state index contributed by atoms with van der Waals surface area (Å²) in [4.78, 5) is 2.35. The van der Waals surface area contributed by atoms with E-state index in [1.54, 1.807) is 0 Å². The third-order valence-electron chi connectivity index (χ3n) is 13.4. The molecule has 0 aliphatic carbocycles. The zero-order chi connectivity index (χ0) is 44.3. The van der Waals surface area contributed by atoms with Crippen LogP contribution in [0.2, 0.25) is 0 Å². The summed E-state index contributed by atoms with van der Waals surface area (Å²) in [5.41, 5.74) is 17.8. The average Bonchev–Trinajstić information content (AvgIpc) is 3.97. The minimum absolute atomic E-state index is 0.862. The highest BCUT2D eigenvalue weighted by Gasteiger charge is 2.22. The molecule has 0 fully saturated rings. The quantitative estimate of drug-likeness (QED) is 0.152. The van der Waals surface area contributed by atoms with Crippen molar-refractivity contribution in [2.24, 2.45) is 0 Å². The SMILES string of the molecule is c1ccc(-c2ccc(-c3ccc(-c4ccc(N(c5ccc(-c6ccc(-n7c8ccccc8c8ccccc87)cc6)cc5)c5cc6ccccc6c6c5oc5ccccc56)cc4)cc3)cc2)cc1. The summed E-state index contributed by atoms with van der Waals surface area (Å²) < 4.78 is 9.20. The highest BCUT2D eigenvalue weighted by atomic mass is 16.3. The van der Waals surface area contributed by atoms with E-state index in [1.165, 1.54) is 55.0 Å². The smallest absolute Gasteiger partial charge is 0.160 e. The Kier molecular flexibility index (Phi) is 9.17. The lowest BCUT2D eigenvalue weighted by Crippen LogP contribution is -2.10. The van der Waals surface area contributed by atoms with E-state index in [2.05, 4.69) is 258 Å². The van der Waals surface area contributed by atoms with E-state index in [-0.39, 0.29) is 0 Å². The van der Waals surface area contributed by atoms with Crippen molar-refractivity contribution in [1.29, 1.82) is 0 Å². The van der Waals surface area contributed by atoms with Crippen molar-refractivity contribution in [3.63, 3.8) is 0 Å². The van der Waals surface area contributed by atoms with Crippen LogP contribution in [0.15, 0.2) is 259 Å². The molecule has 0 N–H and O–H groups in total. The zero-order valence-electron chi connectivity index (χ0n) is 36.6. The third kappa shape index (κ3) is 6.67. The van der Waals surface area contributed by atoms with Crippen LogP contribution in [0.4, 0.5) is 17.1 Å². The lowest BCUT2D eigenvalue weighted by molar-refractivity contribution is 0.669. The monoisotopic (exact) mass is 854 g/mol. The molecule has 3 heteroatoms. The molecule has 13 aromatic rings. The third-order valence-corrected chi connectivity index (χ3v) is 13.4. The van der Waals surface area contributed by atoms with Gasteiger partial charge in [0.15, 0.2) is 5.58 Å².